The first-order chi connectivity index (χ1) is 11.0. The highest BCUT2D eigenvalue weighted by atomic mass is 15.3. The Labute approximate surface area is 138 Å². The Morgan fingerprint density at radius 3 is 2.35 bits per heavy atom. The second kappa shape index (κ2) is 6.54. The monoisotopic (exact) mass is 311 g/mol. The van der Waals surface area contributed by atoms with Crippen molar-refractivity contribution in [3.8, 4) is 0 Å². The molecule has 23 heavy (non-hydrogen) atoms. The van der Waals surface area contributed by atoms with Crippen molar-refractivity contribution in [1.29, 1.82) is 0 Å². The van der Waals surface area contributed by atoms with Gasteiger partial charge in [-0.3, -0.25) is 0 Å². The van der Waals surface area contributed by atoms with Crippen LogP contribution in [0.5, 0.6) is 0 Å². The summed E-state index contributed by atoms with van der Waals surface area (Å²) in [6.07, 6.45) is 0. The minimum Gasteiger partial charge on any atom is -0.354 e. The summed E-state index contributed by atoms with van der Waals surface area (Å²) in [5, 5.41) is 3.41. The van der Waals surface area contributed by atoms with Crippen molar-refractivity contribution in [1.82, 2.24) is 14.9 Å². The van der Waals surface area contributed by atoms with Crippen molar-refractivity contribution in [2.24, 2.45) is 0 Å². The summed E-state index contributed by atoms with van der Waals surface area (Å²) in [7, 11) is 2.16. The van der Waals surface area contributed by atoms with Crippen LogP contribution in [0.4, 0.5) is 17.3 Å². The molecule has 0 saturated carbocycles. The number of rotatable bonds is 3. The van der Waals surface area contributed by atoms with Gasteiger partial charge in [-0.1, -0.05) is 6.07 Å². The molecule has 0 unspecified atom stereocenters. The van der Waals surface area contributed by atoms with E-state index in [1.54, 1.807) is 0 Å². The zero-order valence-corrected chi connectivity index (χ0v) is 14.4. The first-order valence-electron chi connectivity index (χ1n) is 8.15. The van der Waals surface area contributed by atoms with Crippen molar-refractivity contribution in [2.75, 3.05) is 43.4 Å². The summed E-state index contributed by atoms with van der Waals surface area (Å²) in [6, 6.07) is 8.43. The Kier molecular flexibility index (Phi) is 4.48. The smallest absolute Gasteiger partial charge is 0.136 e. The number of hydrogen-bond donors (Lipinski definition) is 1. The summed E-state index contributed by atoms with van der Waals surface area (Å²) in [6.45, 7) is 10.4. The molecule has 0 aliphatic carbocycles. The fraction of sp³-hybridized carbons (Fsp3) is 0.444. The Balaban J connectivity index is 1.81. The number of benzene rings is 1. The van der Waals surface area contributed by atoms with Crippen LogP contribution in [0.2, 0.25) is 0 Å². The van der Waals surface area contributed by atoms with E-state index in [2.05, 4.69) is 64.2 Å². The van der Waals surface area contributed by atoms with E-state index in [1.165, 1.54) is 11.1 Å². The number of aryl methyl sites for hydroxylation is 3. The average molecular weight is 311 g/mol. The second-order valence-corrected chi connectivity index (χ2v) is 6.37. The van der Waals surface area contributed by atoms with Gasteiger partial charge in [0.1, 0.15) is 17.5 Å². The molecule has 1 aromatic heterocycles. The third-order valence-electron chi connectivity index (χ3n) is 4.43. The van der Waals surface area contributed by atoms with Gasteiger partial charge < -0.3 is 15.1 Å². The molecule has 1 N–H and O–H groups in total. The van der Waals surface area contributed by atoms with E-state index in [4.69, 9.17) is 0 Å². The number of likely N-dealkylation sites (N-methyl/N-ethyl adjacent to an activating group) is 1. The summed E-state index contributed by atoms with van der Waals surface area (Å²) in [4.78, 5) is 13.8. The number of hydrogen-bond acceptors (Lipinski definition) is 5. The van der Waals surface area contributed by atoms with E-state index in [1.807, 2.05) is 13.0 Å². The molecule has 1 aliphatic rings. The van der Waals surface area contributed by atoms with Gasteiger partial charge in [-0.25, -0.2) is 9.97 Å². The van der Waals surface area contributed by atoms with Crippen LogP contribution in [0.25, 0.3) is 0 Å². The first kappa shape index (κ1) is 15.7. The lowest BCUT2D eigenvalue weighted by Crippen LogP contribution is -2.44. The van der Waals surface area contributed by atoms with Gasteiger partial charge in [0.2, 0.25) is 0 Å². The van der Waals surface area contributed by atoms with Crippen molar-refractivity contribution >= 4 is 17.3 Å². The van der Waals surface area contributed by atoms with Crippen LogP contribution in [0.1, 0.15) is 17.0 Å². The molecule has 1 aromatic carbocycles. The highest BCUT2D eigenvalue weighted by molar-refractivity contribution is 5.61. The van der Waals surface area contributed by atoms with E-state index in [0.29, 0.717) is 0 Å². The van der Waals surface area contributed by atoms with Gasteiger partial charge >= 0.3 is 0 Å². The maximum absolute atomic E-state index is 4.61. The maximum Gasteiger partial charge on any atom is 0.136 e. The minimum atomic E-state index is 0.799. The lowest BCUT2D eigenvalue weighted by Gasteiger charge is -2.33. The van der Waals surface area contributed by atoms with Crippen LogP contribution in [0.3, 0.4) is 0 Å². The Bertz CT molecular complexity index is 690. The highest BCUT2D eigenvalue weighted by Crippen LogP contribution is 2.22. The number of nitrogens with one attached hydrogen (secondary N) is 1. The van der Waals surface area contributed by atoms with Crippen molar-refractivity contribution in [2.45, 2.75) is 20.8 Å². The molecule has 0 spiro atoms. The van der Waals surface area contributed by atoms with Crippen LogP contribution in [-0.4, -0.2) is 48.1 Å². The van der Waals surface area contributed by atoms with Gasteiger partial charge in [-0.05, 0) is 51.1 Å². The van der Waals surface area contributed by atoms with E-state index in [-0.39, 0.29) is 0 Å². The number of aromatic nitrogens is 2. The van der Waals surface area contributed by atoms with Crippen molar-refractivity contribution < 1.29 is 0 Å². The average Bonchev–Trinajstić information content (AvgIpc) is 2.51. The second-order valence-electron chi connectivity index (χ2n) is 6.37. The molecule has 0 amide bonds. The SMILES string of the molecule is Cc1nc(Nc2ccc(C)c(C)c2)cc(N2CCN(C)CC2)n1. The quantitative estimate of drug-likeness (QED) is 0.944. The summed E-state index contributed by atoms with van der Waals surface area (Å²) in [5.41, 5.74) is 3.64. The zero-order chi connectivity index (χ0) is 16.4. The molecule has 0 atom stereocenters. The van der Waals surface area contributed by atoms with E-state index >= 15 is 0 Å². The molecule has 122 valence electrons. The van der Waals surface area contributed by atoms with E-state index in [0.717, 1.165) is 49.3 Å². The summed E-state index contributed by atoms with van der Waals surface area (Å²) >= 11 is 0. The summed E-state index contributed by atoms with van der Waals surface area (Å²) < 4.78 is 0. The molecule has 2 aromatic rings. The Morgan fingerprint density at radius 2 is 1.65 bits per heavy atom. The van der Waals surface area contributed by atoms with Crippen molar-refractivity contribution in [3.05, 3.63) is 41.2 Å². The van der Waals surface area contributed by atoms with Gasteiger partial charge in [-0.15, -0.1) is 0 Å². The lowest BCUT2D eigenvalue weighted by molar-refractivity contribution is 0.312. The third kappa shape index (κ3) is 3.79. The molecular formula is C18H25N5. The molecule has 0 radical (unpaired) electrons. The summed E-state index contributed by atoms with van der Waals surface area (Å²) in [5.74, 6) is 2.67. The topological polar surface area (TPSA) is 44.3 Å². The molecule has 5 nitrogen and oxygen atoms in total. The molecule has 5 heteroatoms. The number of anilines is 3. The van der Waals surface area contributed by atoms with Crippen LogP contribution in [-0.2, 0) is 0 Å². The van der Waals surface area contributed by atoms with Crippen LogP contribution < -0.4 is 10.2 Å². The van der Waals surface area contributed by atoms with Gasteiger partial charge in [0.05, 0.1) is 0 Å². The van der Waals surface area contributed by atoms with Crippen LogP contribution >= 0.6 is 0 Å². The highest BCUT2D eigenvalue weighted by Gasteiger charge is 2.16. The fourth-order valence-electron chi connectivity index (χ4n) is 2.78. The maximum atomic E-state index is 4.61. The minimum absolute atomic E-state index is 0.799. The number of nitrogens with zero attached hydrogens (tertiary/aromatic N) is 4. The Hall–Kier alpha value is -2.14. The first-order valence-corrected chi connectivity index (χ1v) is 8.15. The predicted octanol–water partition coefficient (Wildman–Crippen LogP) is 2.90. The third-order valence-corrected chi connectivity index (χ3v) is 4.43. The van der Waals surface area contributed by atoms with Gasteiger partial charge in [0, 0.05) is 37.9 Å². The molecule has 2 heterocycles. The van der Waals surface area contributed by atoms with E-state index < -0.39 is 0 Å². The van der Waals surface area contributed by atoms with Crippen molar-refractivity contribution in [3.63, 3.8) is 0 Å². The zero-order valence-electron chi connectivity index (χ0n) is 14.4. The standard InChI is InChI=1S/C18H25N5/c1-13-5-6-16(11-14(13)2)21-17-12-18(20-15(3)19-17)23-9-7-22(4)8-10-23/h5-6,11-12H,7-10H2,1-4H3,(H,19,20,21). The van der Waals surface area contributed by atoms with Crippen LogP contribution in [0.15, 0.2) is 24.3 Å². The molecule has 1 fully saturated rings. The molecule has 1 saturated heterocycles. The van der Waals surface area contributed by atoms with Gasteiger partial charge in [0.25, 0.3) is 0 Å². The largest absolute Gasteiger partial charge is 0.354 e. The molecule has 0 bridgehead atoms. The lowest BCUT2D eigenvalue weighted by atomic mass is 10.1. The Morgan fingerprint density at radius 1 is 0.913 bits per heavy atom. The number of piperazine rings is 1. The molecule has 3 rings (SSSR count). The van der Waals surface area contributed by atoms with E-state index in [9.17, 15) is 0 Å². The van der Waals surface area contributed by atoms with Crippen LogP contribution in [0, 0.1) is 20.8 Å². The van der Waals surface area contributed by atoms with Gasteiger partial charge in [-0.2, -0.15) is 0 Å². The molecular weight excluding hydrogens is 286 g/mol. The predicted molar refractivity (Wildman–Crippen MR) is 95.7 cm³/mol. The normalized spacial score (nSPS) is 15.7. The molecule has 1 aliphatic heterocycles. The fourth-order valence-corrected chi connectivity index (χ4v) is 2.78. The van der Waals surface area contributed by atoms with Gasteiger partial charge in [0.15, 0.2) is 0 Å².